The van der Waals surface area contributed by atoms with E-state index in [1.165, 1.54) is 12.1 Å². The summed E-state index contributed by atoms with van der Waals surface area (Å²) in [6.07, 6.45) is 3.79. The second-order valence-corrected chi connectivity index (χ2v) is 12.9. The number of hydrogen-bond acceptors (Lipinski definition) is 9. The smallest absolute Gasteiger partial charge is 0.252 e. The number of rotatable bonds is 9. The summed E-state index contributed by atoms with van der Waals surface area (Å²) < 4.78 is 33.7. The van der Waals surface area contributed by atoms with Gasteiger partial charge in [-0.25, -0.2) is 13.4 Å². The first-order valence-electron chi connectivity index (χ1n) is 13.8. The van der Waals surface area contributed by atoms with E-state index in [1.54, 1.807) is 26.0 Å². The zero-order valence-corrected chi connectivity index (χ0v) is 23.5. The number of fused-ring (bicyclic) bond motifs is 1. The number of piperazine rings is 1. The summed E-state index contributed by atoms with van der Waals surface area (Å²) in [6.45, 7) is 7.98. The van der Waals surface area contributed by atoms with Crippen molar-refractivity contribution in [2.24, 2.45) is 5.92 Å². The number of pyridine rings is 1. The number of nitrogens with one attached hydrogen (secondary N) is 1. The van der Waals surface area contributed by atoms with Crippen molar-refractivity contribution in [3.8, 4) is 0 Å². The van der Waals surface area contributed by atoms with E-state index in [9.17, 15) is 18.0 Å². The fourth-order valence-corrected chi connectivity index (χ4v) is 7.06. The molecule has 1 amide bonds. The Morgan fingerprint density at radius 2 is 1.90 bits per heavy atom. The number of amides is 1. The molecule has 3 saturated heterocycles. The molecule has 3 aliphatic rings. The summed E-state index contributed by atoms with van der Waals surface area (Å²) in [5, 5.41) is 3.61. The van der Waals surface area contributed by atoms with Gasteiger partial charge in [0.25, 0.3) is 5.56 Å². The molecule has 0 spiro atoms. The Morgan fingerprint density at radius 3 is 2.61 bits per heavy atom. The molecule has 0 aliphatic carbocycles. The molecule has 2 aromatic heterocycles. The molecule has 3 aliphatic heterocycles. The highest BCUT2D eigenvalue weighted by Gasteiger charge is 2.38. The molecule has 0 bridgehead atoms. The third-order valence-electron chi connectivity index (χ3n) is 8.02. The number of aryl methyl sites for hydroxylation is 1. The number of likely N-dealkylation sites (tertiary alicyclic amines) is 1. The zero-order valence-electron chi connectivity index (χ0n) is 22.7. The number of carbonyl (C=O) groups excluding carboxylic acids is 1. The number of hydrogen-bond donors (Lipinski definition) is 1. The van der Waals surface area contributed by atoms with E-state index in [1.807, 2.05) is 24.3 Å². The fourth-order valence-electron chi connectivity index (χ4n) is 5.43. The van der Waals surface area contributed by atoms with Crippen LogP contribution in [0, 0.1) is 5.92 Å². The summed E-state index contributed by atoms with van der Waals surface area (Å²) in [5.74, 6) is 0.641. The van der Waals surface area contributed by atoms with Crippen LogP contribution in [0.15, 0.2) is 60.0 Å². The number of anilines is 3. The lowest BCUT2D eigenvalue weighted by Gasteiger charge is -2.38. The minimum atomic E-state index is -3.31. The molecule has 3 fully saturated rings. The van der Waals surface area contributed by atoms with Crippen LogP contribution in [-0.2, 0) is 26.1 Å². The summed E-state index contributed by atoms with van der Waals surface area (Å²) in [4.78, 5) is 37.5. The number of aromatic nitrogens is 3. The Balaban J connectivity index is 1.12. The van der Waals surface area contributed by atoms with Crippen LogP contribution in [0.2, 0.25) is 0 Å². The predicted molar refractivity (Wildman–Crippen MR) is 156 cm³/mol. The number of carbonyl (C=O) groups is 1. The summed E-state index contributed by atoms with van der Waals surface area (Å²) in [6, 6.07) is 11.1. The SMILES string of the molecule is C=CC(=O)N1CC(CCn2c(=O)ccc3cnc(Nc4cccc(N5CCN(S(=O)(=O)C6COC6)CC5)c4)nc32)C1. The highest BCUT2D eigenvalue weighted by Crippen LogP contribution is 2.26. The molecule has 3 aromatic rings. The van der Waals surface area contributed by atoms with E-state index < -0.39 is 15.3 Å². The maximum Gasteiger partial charge on any atom is 0.252 e. The van der Waals surface area contributed by atoms with Crippen molar-refractivity contribution in [1.82, 2.24) is 23.7 Å². The van der Waals surface area contributed by atoms with Gasteiger partial charge in [0.05, 0.1) is 13.2 Å². The standard InChI is InChI=1S/C28H33N7O5S/c1-2-25(36)33-16-20(17-33)8-9-35-26(37)7-6-21-15-29-28(31-27(21)35)30-22-4-3-5-23(14-22)32-10-12-34(13-11-32)41(38,39)24-18-40-19-24/h2-7,14-15,20,24H,1,8-13,16-19H2,(H,29,30,31). The van der Waals surface area contributed by atoms with Crippen molar-refractivity contribution >= 4 is 44.3 Å². The molecule has 13 heteroatoms. The lowest BCUT2D eigenvalue weighted by atomic mass is 9.96. The summed E-state index contributed by atoms with van der Waals surface area (Å²) in [5.41, 5.74) is 2.18. The third kappa shape index (κ3) is 5.56. The average Bonchev–Trinajstić information content (AvgIpc) is 2.92. The highest BCUT2D eigenvalue weighted by molar-refractivity contribution is 7.89. The van der Waals surface area contributed by atoms with Gasteiger partial charge in [0.15, 0.2) is 0 Å². The predicted octanol–water partition coefficient (Wildman–Crippen LogP) is 1.42. The van der Waals surface area contributed by atoms with Crippen LogP contribution in [0.3, 0.4) is 0 Å². The average molecular weight is 580 g/mol. The van der Waals surface area contributed by atoms with Crippen molar-refractivity contribution in [1.29, 1.82) is 0 Å². The van der Waals surface area contributed by atoms with Crippen LogP contribution in [0.25, 0.3) is 11.0 Å². The van der Waals surface area contributed by atoms with Gasteiger partial charge in [-0.2, -0.15) is 9.29 Å². The molecule has 1 N–H and O–H groups in total. The van der Waals surface area contributed by atoms with Gasteiger partial charge in [-0.1, -0.05) is 12.6 Å². The van der Waals surface area contributed by atoms with Crippen molar-refractivity contribution in [3.63, 3.8) is 0 Å². The molecule has 41 heavy (non-hydrogen) atoms. The number of benzene rings is 1. The molecular weight excluding hydrogens is 546 g/mol. The normalized spacial score (nSPS) is 18.6. The van der Waals surface area contributed by atoms with E-state index in [0.29, 0.717) is 63.3 Å². The third-order valence-corrected chi connectivity index (χ3v) is 10.2. The summed E-state index contributed by atoms with van der Waals surface area (Å²) in [7, 11) is -3.31. The minimum absolute atomic E-state index is 0.0641. The molecule has 0 unspecified atom stereocenters. The van der Waals surface area contributed by atoms with Gasteiger partial charge in [0.2, 0.25) is 21.9 Å². The van der Waals surface area contributed by atoms with Crippen LogP contribution < -0.4 is 15.8 Å². The lowest BCUT2D eigenvalue weighted by Crippen LogP contribution is -2.55. The van der Waals surface area contributed by atoms with Crippen LogP contribution in [0.1, 0.15) is 6.42 Å². The van der Waals surface area contributed by atoms with Crippen molar-refractivity contribution < 1.29 is 17.9 Å². The molecule has 216 valence electrons. The first-order chi connectivity index (χ1) is 19.8. The highest BCUT2D eigenvalue weighted by atomic mass is 32.2. The molecule has 0 saturated carbocycles. The topological polar surface area (TPSA) is 130 Å². The Kier molecular flexibility index (Phi) is 7.49. The Bertz CT molecular complexity index is 1620. The second-order valence-electron chi connectivity index (χ2n) is 10.7. The van der Waals surface area contributed by atoms with Crippen LogP contribution in [-0.4, -0.2) is 95.8 Å². The molecular formula is C28H33N7O5S. The quantitative estimate of drug-likeness (QED) is 0.374. The largest absolute Gasteiger partial charge is 0.378 e. The Morgan fingerprint density at radius 1 is 1.12 bits per heavy atom. The van der Waals surface area contributed by atoms with E-state index in [-0.39, 0.29) is 24.7 Å². The van der Waals surface area contributed by atoms with Gasteiger partial charge in [-0.15, -0.1) is 0 Å². The van der Waals surface area contributed by atoms with Gasteiger partial charge in [-0.05, 0) is 42.7 Å². The van der Waals surface area contributed by atoms with E-state index in [4.69, 9.17) is 4.74 Å². The van der Waals surface area contributed by atoms with Gasteiger partial charge in [-0.3, -0.25) is 14.2 Å². The molecule has 0 radical (unpaired) electrons. The molecule has 0 atom stereocenters. The van der Waals surface area contributed by atoms with Gasteiger partial charge in [0, 0.05) is 74.8 Å². The van der Waals surface area contributed by atoms with Gasteiger partial charge >= 0.3 is 0 Å². The number of ether oxygens (including phenoxy) is 1. The first-order valence-corrected chi connectivity index (χ1v) is 15.3. The Labute approximate surface area is 238 Å². The van der Waals surface area contributed by atoms with Crippen LogP contribution >= 0.6 is 0 Å². The van der Waals surface area contributed by atoms with Crippen molar-refractivity contribution in [3.05, 3.63) is 65.6 Å². The van der Waals surface area contributed by atoms with Crippen molar-refractivity contribution in [2.75, 3.05) is 62.7 Å². The molecule has 12 nitrogen and oxygen atoms in total. The van der Waals surface area contributed by atoms with Crippen LogP contribution in [0.5, 0.6) is 0 Å². The van der Waals surface area contributed by atoms with Crippen LogP contribution in [0.4, 0.5) is 17.3 Å². The molecule has 6 rings (SSSR count). The number of sulfonamides is 1. The molecule has 5 heterocycles. The number of nitrogens with zero attached hydrogens (tertiary/aromatic N) is 6. The van der Waals surface area contributed by atoms with E-state index in [0.717, 1.165) is 23.2 Å². The first kappa shape index (κ1) is 27.4. The lowest BCUT2D eigenvalue weighted by molar-refractivity contribution is -0.132. The van der Waals surface area contributed by atoms with Gasteiger partial charge < -0.3 is 19.9 Å². The monoisotopic (exact) mass is 579 g/mol. The summed E-state index contributed by atoms with van der Waals surface area (Å²) >= 11 is 0. The minimum Gasteiger partial charge on any atom is -0.378 e. The molecule has 1 aromatic carbocycles. The zero-order chi connectivity index (χ0) is 28.6. The Hall–Kier alpha value is -3.81. The van der Waals surface area contributed by atoms with E-state index >= 15 is 0 Å². The second kappa shape index (κ2) is 11.2. The maximum absolute atomic E-state index is 12.8. The maximum atomic E-state index is 12.8. The van der Waals surface area contributed by atoms with E-state index in [2.05, 4.69) is 26.8 Å². The fraction of sp³-hybridized carbons (Fsp3) is 0.429. The van der Waals surface area contributed by atoms with Gasteiger partial charge in [0.1, 0.15) is 10.9 Å². The van der Waals surface area contributed by atoms with Crippen molar-refractivity contribution in [2.45, 2.75) is 18.2 Å².